The van der Waals surface area contributed by atoms with Gasteiger partial charge in [-0.25, -0.2) is 4.98 Å². The van der Waals surface area contributed by atoms with E-state index in [1.54, 1.807) is 29.3 Å². The number of hydrogen-bond donors (Lipinski definition) is 1. The standard InChI is InChI=1S/C23H28N4O3S2/c1-2-3-4-6-12-27-22(29)18(32-23(27)31)14-17-20(24-15-16-9-8-13-30-16)25-19-10-5-7-11-26(19)21(17)28/h5,7,10-11,14,16,24H,2-4,6,8-9,12-13,15H2,1H3/b18-14+. The highest BCUT2D eigenvalue weighted by Crippen LogP contribution is 2.33. The molecule has 0 saturated carbocycles. The lowest BCUT2D eigenvalue weighted by Gasteiger charge is -2.14. The fourth-order valence-corrected chi connectivity index (χ4v) is 5.19. The van der Waals surface area contributed by atoms with Crippen LogP contribution in [0.3, 0.4) is 0 Å². The summed E-state index contributed by atoms with van der Waals surface area (Å²) in [6.45, 7) is 4.09. The smallest absolute Gasteiger partial charge is 0.267 e. The van der Waals surface area contributed by atoms with Gasteiger partial charge in [0.2, 0.25) is 0 Å². The second-order valence-corrected chi connectivity index (χ2v) is 9.69. The van der Waals surface area contributed by atoms with Crippen molar-refractivity contribution in [2.45, 2.75) is 51.6 Å². The minimum Gasteiger partial charge on any atom is -0.376 e. The molecule has 2 aromatic rings. The molecule has 1 unspecified atom stereocenters. The molecule has 2 aliphatic rings. The van der Waals surface area contributed by atoms with Crippen LogP contribution in [0.15, 0.2) is 34.1 Å². The van der Waals surface area contributed by atoms with E-state index < -0.39 is 0 Å². The molecule has 1 amide bonds. The van der Waals surface area contributed by atoms with Gasteiger partial charge in [0.15, 0.2) is 0 Å². The van der Waals surface area contributed by atoms with Crippen LogP contribution in [0.25, 0.3) is 11.7 Å². The third-order valence-corrected chi connectivity index (χ3v) is 7.05. The van der Waals surface area contributed by atoms with Crippen LogP contribution in [0.4, 0.5) is 5.82 Å². The van der Waals surface area contributed by atoms with E-state index in [0.717, 1.165) is 45.1 Å². The first kappa shape index (κ1) is 22.9. The van der Waals surface area contributed by atoms with Gasteiger partial charge in [0.1, 0.15) is 15.8 Å². The zero-order valence-corrected chi connectivity index (χ0v) is 19.8. The van der Waals surface area contributed by atoms with Crippen LogP contribution >= 0.6 is 24.0 Å². The van der Waals surface area contributed by atoms with Crippen molar-refractivity contribution >= 4 is 51.7 Å². The fraction of sp³-hybridized carbons (Fsp3) is 0.478. The van der Waals surface area contributed by atoms with E-state index in [9.17, 15) is 9.59 Å². The normalized spacial score (nSPS) is 20.1. The van der Waals surface area contributed by atoms with E-state index in [1.165, 1.54) is 16.2 Å². The van der Waals surface area contributed by atoms with Crippen molar-refractivity contribution in [1.29, 1.82) is 0 Å². The van der Waals surface area contributed by atoms with Gasteiger partial charge in [0, 0.05) is 25.9 Å². The van der Waals surface area contributed by atoms with Crippen LogP contribution in [0, 0.1) is 0 Å². The zero-order valence-electron chi connectivity index (χ0n) is 18.2. The number of aromatic nitrogens is 2. The van der Waals surface area contributed by atoms with Crippen LogP contribution in [-0.2, 0) is 9.53 Å². The predicted octanol–water partition coefficient (Wildman–Crippen LogP) is 4.07. The number of unbranched alkanes of at least 4 members (excludes halogenated alkanes) is 3. The highest BCUT2D eigenvalue weighted by atomic mass is 32.2. The molecule has 2 saturated heterocycles. The highest BCUT2D eigenvalue weighted by Gasteiger charge is 2.32. The molecule has 1 atom stereocenters. The van der Waals surface area contributed by atoms with Crippen LogP contribution in [-0.4, -0.2) is 50.3 Å². The molecule has 2 fully saturated rings. The minimum absolute atomic E-state index is 0.0974. The number of ether oxygens (including phenoxy) is 1. The van der Waals surface area contributed by atoms with Crippen LogP contribution in [0.5, 0.6) is 0 Å². The Hall–Kier alpha value is -2.23. The van der Waals surface area contributed by atoms with Gasteiger partial charge in [0.25, 0.3) is 11.5 Å². The third-order valence-electron chi connectivity index (χ3n) is 5.67. The Bertz CT molecular complexity index is 1090. The van der Waals surface area contributed by atoms with Gasteiger partial charge < -0.3 is 10.1 Å². The molecule has 0 bridgehead atoms. The molecule has 2 aliphatic heterocycles. The van der Waals surface area contributed by atoms with Gasteiger partial charge in [-0.1, -0.05) is 56.2 Å². The number of thioether (sulfide) groups is 1. The molecule has 170 valence electrons. The Kier molecular flexibility index (Phi) is 7.59. The number of carbonyl (C=O) groups excluding carboxylic acids is 1. The number of hydrogen-bond acceptors (Lipinski definition) is 7. The maximum atomic E-state index is 13.3. The van der Waals surface area contributed by atoms with Crippen molar-refractivity contribution in [3.63, 3.8) is 0 Å². The fourth-order valence-electron chi connectivity index (χ4n) is 3.90. The monoisotopic (exact) mass is 472 g/mol. The molecule has 0 aliphatic carbocycles. The topological polar surface area (TPSA) is 75.9 Å². The quantitative estimate of drug-likeness (QED) is 0.335. The van der Waals surface area contributed by atoms with E-state index in [0.29, 0.717) is 39.3 Å². The Morgan fingerprint density at radius 3 is 2.97 bits per heavy atom. The molecule has 4 heterocycles. The van der Waals surface area contributed by atoms with E-state index in [-0.39, 0.29) is 17.6 Å². The summed E-state index contributed by atoms with van der Waals surface area (Å²) in [6.07, 6.45) is 9.70. The number of amides is 1. The lowest BCUT2D eigenvalue weighted by Crippen LogP contribution is -2.29. The number of pyridine rings is 1. The number of nitrogens with one attached hydrogen (secondary N) is 1. The maximum Gasteiger partial charge on any atom is 0.267 e. The summed E-state index contributed by atoms with van der Waals surface area (Å²) >= 11 is 6.70. The highest BCUT2D eigenvalue weighted by molar-refractivity contribution is 8.26. The zero-order chi connectivity index (χ0) is 22.5. The number of nitrogens with zero attached hydrogens (tertiary/aromatic N) is 3. The second kappa shape index (κ2) is 10.6. The summed E-state index contributed by atoms with van der Waals surface area (Å²) in [7, 11) is 0. The Morgan fingerprint density at radius 2 is 2.19 bits per heavy atom. The maximum absolute atomic E-state index is 13.3. The summed E-state index contributed by atoms with van der Waals surface area (Å²) in [4.78, 5) is 33.1. The third kappa shape index (κ3) is 5.05. The summed E-state index contributed by atoms with van der Waals surface area (Å²) in [6, 6.07) is 5.42. The van der Waals surface area contributed by atoms with Crippen LogP contribution in [0.2, 0.25) is 0 Å². The van der Waals surface area contributed by atoms with Gasteiger partial charge in [-0.2, -0.15) is 0 Å². The molecular formula is C23H28N4O3S2. The predicted molar refractivity (Wildman–Crippen MR) is 133 cm³/mol. The molecule has 0 radical (unpaired) electrons. The Balaban J connectivity index is 1.63. The lowest BCUT2D eigenvalue weighted by molar-refractivity contribution is -0.122. The number of carbonyl (C=O) groups is 1. The SMILES string of the molecule is CCCCCCN1C(=O)/C(=C\c2c(NCC3CCCO3)nc3ccccn3c2=O)SC1=S. The van der Waals surface area contributed by atoms with E-state index in [4.69, 9.17) is 17.0 Å². The molecule has 2 aromatic heterocycles. The summed E-state index contributed by atoms with van der Waals surface area (Å²) in [5, 5.41) is 3.29. The van der Waals surface area contributed by atoms with E-state index in [2.05, 4.69) is 17.2 Å². The summed E-state index contributed by atoms with van der Waals surface area (Å²) in [5.74, 6) is 0.323. The summed E-state index contributed by atoms with van der Waals surface area (Å²) in [5.41, 5.74) is 0.685. The van der Waals surface area contributed by atoms with Gasteiger partial charge >= 0.3 is 0 Å². The molecule has 9 heteroatoms. The van der Waals surface area contributed by atoms with Crippen molar-refractivity contribution in [3.05, 3.63) is 45.2 Å². The van der Waals surface area contributed by atoms with Crippen molar-refractivity contribution < 1.29 is 9.53 Å². The number of anilines is 1. The molecule has 7 nitrogen and oxygen atoms in total. The average molecular weight is 473 g/mol. The molecule has 4 rings (SSSR count). The van der Waals surface area contributed by atoms with Gasteiger partial charge in [-0.15, -0.1) is 0 Å². The molecular weight excluding hydrogens is 444 g/mol. The second-order valence-electron chi connectivity index (χ2n) is 8.02. The number of thiocarbonyl (C=S) groups is 1. The number of rotatable bonds is 9. The van der Waals surface area contributed by atoms with Crippen molar-refractivity contribution in [2.75, 3.05) is 25.0 Å². The largest absolute Gasteiger partial charge is 0.376 e. The Labute approximate surface area is 197 Å². The van der Waals surface area contributed by atoms with Gasteiger partial charge in [-0.3, -0.25) is 18.9 Å². The number of fused-ring (bicyclic) bond motifs is 1. The molecule has 32 heavy (non-hydrogen) atoms. The first-order chi connectivity index (χ1) is 15.6. The molecule has 0 aromatic carbocycles. The van der Waals surface area contributed by atoms with Crippen LogP contribution < -0.4 is 10.9 Å². The van der Waals surface area contributed by atoms with E-state index in [1.807, 2.05) is 6.07 Å². The van der Waals surface area contributed by atoms with Gasteiger partial charge in [-0.05, 0) is 37.5 Å². The first-order valence-electron chi connectivity index (χ1n) is 11.2. The molecule has 1 N–H and O–H groups in total. The molecule has 0 spiro atoms. The van der Waals surface area contributed by atoms with Crippen molar-refractivity contribution in [3.8, 4) is 0 Å². The first-order valence-corrected chi connectivity index (χ1v) is 12.4. The Morgan fingerprint density at radius 1 is 1.31 bits per heavy atom. The lowest BCUT2D eigenvalue weighted by atomic mass is 10.2. The van der Waals surface area contributed by atoms with Crippen LogP contribution in [0.1, 0.15) is 51.0 Å². The van der Waals surface area contributed by atoms with Gasteiger partial charge in [0.05, 0.1) is 16.6 Å². The van der Waals surface area contributed by atoms with Crippen molar-refractivity contribution in [1.82, 2.24) is 14.3 Å². The van der Waals surface area contributed by atoms with Crippen molar-refractivity contribution in [2.24, 2.45) is 0 Å². The average Bonchev–Trinajstić information content (AvgIpc) is 3.41. The summed E-state index contributed by atoms with van der Waals surface area (Å²) < 4.78 is 7.73. The minimum atomic E-state index is -0.223. The van der Waals surface area contributed by atoms with E-state index >= 15 is 0 Å².